The highest BCUT2D eigenvalue weighted by atomic mass is 16.4. The number of aromatic nitrogens is 2. The molecular weight excluding hydrogens is 254 g/mol. The Balaban J connectivity index is 1.83. The van der Waals surface area contributed by atoms with Gasteiger partial charge in [0.25, 0.3) is 0 Å². The van der Waals surface area contributed by atoms with Gasteiger partial charge in [-0.2, -0.15) is 0 Å². The van der Waals surface area contributed by atoms with Gasteiger partial charge in [-0.15, -0.1) is 0 Å². The average Bonchev–Trinajstić information content (AvgIpc) is 3.01. The molecule has 2 N–H and O–H groups in total. The monoisotopic (exact) mass is 275 g/mol. The molecule has 0 amide bonds. The lowest BCUT2D eigenvalue weighted by Crippen LogP contribution is -2.27. The average molecular weight is 275 g/mol. The van der Waals surface area contributed by atoms with E-state index in [1.165, 1.54) is 19.3 Å². The van der Waals surface area contributed by atoms with E-state index in [1.54, 1.807) is 6.20 Å². The molecule has 3 atom stereocenters. The highest BCUT2D eigenvalue weighted by Crippen LogP contribution is 2.45. The van der Waals surface area contributed by atoms with E-state index in [4.69, 9.17) is 0 Å². The molecule has 1 heterocycles. The molecule has 0 spiro atoms. The second kappa shape index (κ2) is 5.04. The van der Waals surface area contributed by atoms with Gasteiger partial charge in [-0.3, -0.25) is 0 Å². The molecule has 5 heteroatoms. The van der Waals surface area contributed by atoms with Gasteiger partial charge in [0.1, 0.15) is 5.82 Å². The van der Waals surface area contributed by atoms with Crippen LogP contribution in [0.3, 0.4) is 0 Å². The summed E-state index contributed by atoms with van der Waals surface area (Å²) in [5, 5.41) is 12.7. The molecule has 20 heavy (non-hydrogen) atoms. The van der Waals surface area contributed by atoms with E-state index in [1.807, 2.05) is 13.8 Å². The highest BCUT2D eigenvalue weighted by molar-refractivity contribution is 5.91. The van der Waals surface area contributed by atoms with Crippen molar-refractivity contribution in [2.24, 2.45) is 11.8 Å². The fourth-order valence-corrected chi connectivity index (χ4v) is 3.56. The van der Waals surface area contributed by atoms with Gasteiger partial charge in [0, 0.05) is 12.0 Å². The number of carboxylic acids is 1. The van der Waals surface area contributed by atoms with E-state index in [9.17, 15) is 9.90 Å². The molecule has 2 aliphatic rings. The number of carbonyl (C=O) groups is 1. The molecule has 0 aliphatic heterocycles. The third-order valence-corrected chi connectivity index (χ3v) is 4.61. The first-order valence-corrected chi connectivity index (χ1v) is 7.41. The van der Waals surface area contributed by atoms with Crippen LogP contribution in [0.5, 0.6) is 0 Å². The Hall–Kier alpha value is -1.65. The van der Waals surface area contributed by atoms with Crippen LogP contribution in [0.1, 0.15) is 61.8 Å². The van der Waals surface area contributed by atoms with Gasteiger partial charge in [-0.1, -0.05) is 20.3 Å². The summed E-state index contributed by atoms with van der Waals surface area (Å²) in [6.07, 6.45) is 6.66. The van der Waals surface area contributed by atoms with Crippen molar-refractivity contribution in [2.45, 2.75) is 51.5 Å². The van der Waals surface area contributed by atoms with Gasteiger partial charge in [-0.05, 0) is 31.1 Å². The lowest BCUT2D eigenvalue weighted by molar-refractivity contribution is 0.0691. The summed E-state index contributed by atoms with van der Waals surface area (Å²) in [6.45, 7) is 3.92. The lowest BCUT2D eigenvalue weighted by Gasteiger charge is -2.24. The van der Waals surface area contributed by atoms with Gasteiger partial charge < -0.3 is 10.4 Å². The third-order valence-electron chi connectivity index (χ3n) is 4.61. The van der Waals surface area contributed by atoms with Crippen molar-refractivity contribution in [3.63, 3.8) is 0 Å². The highest BCUT2D eigenvalue weighted by Gasteiger charge is 2.39. The topological polar surface area (TPSA) is 75.1 Å². The molecule has 1 aromatic heterocycles. The number of hydrogen-bond acceptors (Lipinski definition) is 4. The SMILES string of the molecule is CC(C)c1ncc(NC2CC3CCC2C3)c(C(=O)O)n1. The molecule has 1 aromatic rings. The molecule has 3 rings (SSSR count). The van der Waals surface area contributed by atoms with Crippen LogP contribution in [0.2, 0.25) is 0 Å². The Labute approximate surface area is 118 Å². The van der Waals surface area contributed by atoms with Gasteiger partial charge in [0.05, 0.1) is 11.9 Å². The number of nitrogens with zero attached hydrogens (tertiary/aromatic N) is 2. The number of nitrogens with one attached hydrogen (secondary N) is 1. The van der Waals surface area contributed by atoms with Crippen LogP contribution in [0.25, 0.3) is 0 Å². The van der Waals surface area contributed by atoms with Crippen molar-refractivity contribution in [3.8, 4) is 0 Å². The van der Waals surface area contributed by atoms with E-state index < -0.39 is 5.97 Å². The van der Waals surface area contributed by atoms with E-state index in [2.05, 4.69) is 15.3 Å². The van der Waals surface area contributed by atoms with Crippen molar-refractivity contribution in [2.75, 3.05) is 5.32 Å². The Kier molecular flexibility index (Phi) is 3.36. The Morgan fingerprint density at radius 2 is 2.20 bits per heavy atom. The van der Waals surface area contributed by atoms with Gasteiger partial charge in [0.15, 0.2) is 5.69 Å². The molecule has 2 aliphatic carbocycles. The van der Waals surface area contributed by atoms with Crippen molar-refractivity contribution < 1.29 is 9.90 Å². The van der Waals surface area contributed by atoms with E-state index in [0.717, 1.165) is 12.3 Å². The van der Waals surface area contributed by atoms with Gasteiger partial charge >= 0.3 is 5.97 Å². The summed E-state index contributed by atoms with van der Waals surface area (Å²) in [7, 11) is 0. The Morgan fingerprint density at radius 1 is 1.40 bits per heavy atom. The number of carboxylic acid groups (broad SMARTS) is 1. The minimum Gasteiger partial charge on any atom is -0.476 e. The minimum absolute atomic E-state index is 0.103. The van der Waals surface area contributed by atoms with E-state index >= 15 is 0 Å². The summed E-state index contributed by atoms with van der Waals surface area (Å²) in [4.78, 5) is 19.9. The number of rotatable bonds is 4. The second-order valence-corrected chi connectivity index (χ2v) is 6.38. The molecule has 0 aromatic carbocycles. The van der Waals surface area contributed by atoms with Crippen LogP contribution < -0.4 is 5.32 Å². The largest absolute Gasteiger partial charge is 0.476 e. The standard InChI is InChI=1S/C15H21N3O2/c1-8(2)14-16-7-12(13(18-14)15(19)20)17-11-6-9-3-4-10(11)5-9/h7-11,17H,3-6H2,1-2H3,(H,19,20). The maximum absolute atomic E-state index is 11.4. The molecule has 2 saturated carbocycles. The van der Waals surface area contributed by atoms with Gasteiger partial charge in [0.2, 0.25) is 0 Å². The van der Waals surface area contributed by atoms with Crippen molar-refractivity contribution in [3.05, 3.63) is 17.7 Å². The van der Waals surface area contributed by atoms with Crippen LogP contribution in [0, 0.1) is 11.8 Å². The van der Waals surface area contributed by atoms with E-state index in [-0.39, 0.29) is 11.6 Å². The maximum atomic E-state index is 11.4. The number of aromatic carboxylic acids is 1. The first kappa shape index (κ1) is 13.3. The Bertz CT molecular complexity index is 530. The number of hydrogen-bond donors (Lipinski definition) is 2. The summed E-state index contributed by atoms with van der Waals surface area (Å²) in [5.74, 6) is 1.23. The minimum atomic E-state index is -0.986. The predicted molar refractivity (Wildman–Crippen MR) is 75.9 cm³/mol. The fraction of sp³-hybridized carbons (Fsp3) is 0.667. The van der Waals surface area contributed by atoms with Crippen LogP contribution >= 0.6 is 0 Å². The normalized spacial score (nSPS) is 28.1. The number of fused-ring (bicyclic) bond motifs is 2. The summed E-state index contributed by atoms with van der Waals surface area (Å²) in [6, 6.07) is 0.389. The fourth-order valence-electron chi connectivity index (χ4n) is 3.56. The molecule has 108 valence electrons. The zero-order chi connectivity index (χ0) is 14.3. The van der Waals surface area contributed by atoms with Crippen LogP contribution in [-0.4, -0.2) is 27.1 Å². The molecule has 2 bridgehead atoms. The number of anilines is 1. The molecule has 0 saturated heterocycles. The van der Waals surface area contributed by atoms with Crippen molar-refractivity contribution in [1.29, 1.82) is 0 Å². The second-order valence-electron chi connectivity index (χ2n) is 6.38. The summed E-state index contributed by atoms with van der Waals surface area (Å²) >= 11 is 0. The van der Waals surface area contributed by atoms with Gasteiger partial charge in [-0.25, -0.2) is 14.8 Å². The first-order valence-electron chi connectivity index (χ1n) is 7.41. The third kappa shape index (κ3) is 2.37. The molecular formula is C15H21N3O2. The molecule has 3 unspecified atom stereocenters. The van der Waals surface area contributed by atoms with Crippen LogP contribution in [0.15, 0.2) is 6.20 Å². The Morgan fingerprint density at radius 3 is 2.75 bits per heavy atom. The summed E-state index contributed by atoms with van der Waals surface area (Å²) in [5.41, 5.74) is 0.672. The zero-order valence-electron chi connectivity index (χ0n) is 12.0. The molecule has 0 radical (unpaired) electrons. The smallest absolute Gasteiger partial charge is 0.356 e. The lowest BCUT2D eigenvalue weighted by atomic mass is 9.95. The summed E-state index contributed by atoms with van der Waals surface area (Å²) < 4.78 is 0. The zero-order valence-corrected chi connectivity index (χ0v) is 12.0. The molecule has 5 nitrogen and oxygen atoms in total. The predicted octanol–water partition coefficient (Wildman–Crippen LogP) is 2.90. The van der Waals surface area contributed by atoms with Crippen molar-refractivity contribution >= 4 is 11.7 Å². The van der Waals surface area contributed by atoms with Crippen molar-refractivity contribution in [1.82, 2.24) is 9.97 Å². The molecule has 2 fully saturated rings. The van der Waals surface area contributed by atoms with Crippen LogP contribution in [-0.2, 0) is 0 Å². The quantitative estimate of drug-likeness (QED) is 0.883. The van der Waals surface area contributed by atoms with Crippen LogP contribution in [0.4, 0.5) is 5.69 Å². The maximum Gasteiger partial charge on any atom is 0.356 e. The first-order chi connectivity index (χ1) is 9.54. The van der Waals surface area contributed by atoms with E-state index in [0.29, 0.717) is 23.5 Å².